The van der Waals surface area contributed by atoms with Gasteiger partial charge in [0.25, 0.3) is 0 Å². The molecular weight excluding hydrogens is 230 g/mol. The molecule has 2 aromatic rings. The molecule has 1 atom stereocenters. The summed E-state index contributed by atoms with van der Waals surface area (Å²) >= 11 is 1.78. The fourth-order valence-corrected chi connectivity index (χ4v) is 2.46. The van der Waals surface area contributed by atoms with E-state index >= 15 is 0 Å². The van der Waals surface area contributed by atoms with Crippen LogP contribution in [0, 0.1) is 0 Å². The Hall–Kier alpha value is -1.26. The standard InChI is InChI=1S/C13H17N3S/c1-2-16-9-11(8-15-16)13(14)10-17-12-6-4-3-5-7-12/h3-9,13H,2,10,14H2,1H3. The van der Waals surface area contributed by atoms with Gasteiger partial charge in [0.15, 0.2) is 0 Å². The van der Waals surface area contributed by atoms with Gasteiger partial charge in [-0.15, -0.1) is 11.8 Å². The first-order chi connectivity index (χ1) is 8.29. The molecule has 17 heavy (non-hydrogen) atoms. The molecule has 1 unspecified atom stereocenters. The van der Waals surface area contributed by atoms with Gasteiger partial charge in [0, 0.05) is 35.0 Å². The van der Waals surface area contributed by atoms with Crippen molar-refractivity contribution in [2.24, 2.45) is 5.73 Å². The van der Waals surface area contributed by atoms with E-state index in [1.807, 2.05) is 35.3 Å². The zero-order valence-electron chi connectivity index (χ0n) is 9.91. The molecule has 1 heterocycles. The number of nitrogens with two attached hydrogens (primary N) is 1. The van der Waals surface area contributed by atoms with Crippen molar-refractivity contribution in [2.75, 3.05) is 5.75 Å². The number of aryl methyl sites for hydroxylation is 1. The fraction of sp³-hybridized carbons (Fsp3) is 0.308. The summed E-state index contributed by atoms with van der Waals surface area (Å²) in [5.74, 6) is 0.874. The Morgan fingerprint density at radius 3 is 2.76 bits per heavy atom. The molecule has 0 saturated heterocycles. The molecule has 1 aromatic heterocycles. The lowest BCUT2D eigenvalue weighted by atomic mass is 10.2. The van der Waals surface area contributed by atoms with E-state index in [0.29, 0.717) is 0 Å². The van der Waals surface area contributed by atoms with Crippen LogP contribution >= 0.6 is 11.8 Å². The van der Waals surface area contributed by atoms with Gasteiger partial charge in [-0.05, 0) is 19.1 Å². The maximum atomic E-state index is 6.14. The Kier molecular flexibility index (Phi) is 4.23. The summed E-state index contributed by atoms with van der Waals surface area (Å²) in [5, 5.41) is 4.24. The summed E-state index contributed by atoms with van der Waals surface area (Å²) in [6, 6.07) is 10.4. The molecule has 0 aliphatic heterocycles. The van der Waals surface area contributed by atoms with Gasteiger partial charge in [-0.1, -0.05) is 18.2 Å². The second-order valence-electron chi connectivity index (χ2n) is 3.86. The van der Waals surface area contributed by atoms with Crippen molar-refractivity contribution in [2.45, 2.75) is 24.4 Å². The lowest BCUT2D eigenvalue weighted by molar-refractivity contribution is 0.658. The zero-order chi connectivity index (χ0) is 12.1. The van der Waals surface area contributed by atoms with Crippen LogP contribution in [-0.4, -0.2) is 15.5 Å². The smallest absolute Gasteiger partial charge is 0.0537 e. The van der Waals surface area contributed by atoms with Crippen molar-refractivity contribution in [3.8, 4) is 0 Å². The van der Waals surface area contributed by atoms with Gasteiger partial charge in [0.1, 0.15) is 0 Å². The third-order valence-corrected chi connectivity index (χ3v) is 3.71. The summed E-state index contributed by atoms with van der Waals surface area (Å²) in [7, 11) is 0. The van der Waals surface area contributed by atoms with Crippen LogP contribution in [0.25, 0.3) is 0 Å². The quantitative estimate of drug-likeness (QED) is 0.826. The molecule has 0 fully saturated rings. The third-order valence-electron chi connectivity index (χ3n) is 2.58. The number of rotatable bonds is 5. The topological polar surface area (TPSA) is 43.8 Å². The van der Waals surface area contributed by atoms with Crippen LogP contribution in [0.2, 0.25) is 0 Å². The molecule has 2 N–H and O–H groups in total. The number of hydrogen-bond acceptors (Lipinski definition) is 3. The average molecular weight is 247 g/mol. The van der Waals surface area contributed by atoms with Crippen molar-refractivity contribution in [3.63, 3.8) is 0 Å². The largest absolute Gasteiger partial charge is 0.323 e. The van der Waals surface area contributed by atoms with E-state index in [0.717, 1.165) is 17.9 Å². The minimum atomic E-state index is 0.0421. The average Bonchev–Trinajstić information content (AvgIpc) is 2.86. The highest BCUT2D eigenvalue weighted by Gasteiger charge is 2.08. The highest BCUT2D eigenvalue weighted by Crippen LogP contribution is 2.22. The summed E-state index contributed by atoms with van der Waals surface area (Å²) < 4.78 is 1.91. The molecule has 4 heteroatoms. The first-order valence-corrected chi connectivity index (χ1v) is 6.74. The second kappa shape index (κ2) is 5.89. The van der Waals surface area contributed by atoms with Crippen molar-refractivity contribution in [1.29, 1.82) is 0 Å². The maximum absolute atomic E-state index is 6.14. The predicted octanol–water partition coefficient (Wildman–Crippen LogP) is 2.70. The Morgan fingerprint density at radius 2 is 2.12 bits per heavy atom. The Morgan fingerprint density at radius 1 is 1.35 bits per heavy atom. The number of benzene rings is 1. The summed E-state index contributed by atoms with van der Waals surface area (Å²) in [4.78, 5) is 1.26. The van der Waals surface area contributed by atoms with Crippen molar-refractivity contribution in [1.82, 2.24) is 9.78 Å². The van der Waals surface area contributed by atoms with Crippen molar-refractivity contribution in [3.05, 3.63) is 48.3 Å². The van der Waals surface area contributed by atoms with Gasteiger partial charge >= 0.3 is 0 Å². The maximum Gasteiger partial charge on any atom is 0.0537 e. The van der Waals surface area contributed by atoms with E-state index in [1.54, 1.807) is 11.8 Å². The van der Waals surface area contributed by atoms with Crippen molar-refractivity contribution >= 4 is 11.8 Å². The molecule has 0 bridgehead atoms. The number of aromatic nitrogens is 2. The van der Waals surface area contributed by atoms with Gasteiger partial charge in [-0.2, -0.15) is 5.10 Å². The lowest BCUT2D eigenvalue weighted by Gasteiger charge is -2.08. The van der Waals surface area contributed by atoms with Crippen LogP contribution in [0.5, 0.6) is 0 Å². The molecule has 0 aliphatic carbocycles. The van der Waals surface area contributed by atoms with E-state index in [2.05, 4.69) is 24.2 Å². The third kappa shape index (κ3) is 3.35. The Bertz CT molecular complexity index is 453. The van der Waals surface area contributed by atoms with Crippen LogP contribution in [0.15, 0.2) is 47.6 Å². The van der Waals surface area contributed by atoms with E-state index in [4.69, 9.17) is 5.73 Å². The Balaban J connectivity index is 1.91. The molecular formula is C13H17N3S. The van der Waals surface area contributed by atoms with Crippen LogP contribution in [-0.2, 0) is 6.54 Å². The van der Waals surface area contributed by atoms with Crippen LogP contribution in [0.4, 0.5) is 0 Å². The van der Waals surface area contributed by atoms with Crippen LogP contribution in [0.3, 0.4) is 0 Å². The van der Waals surface area contributed by atoms with Gasteiger partial charge in [0.05, 0.1) is 6.20 Å². The fourth-order valence-electron chi connectivity index (χ4n) is 1.54. The number of nitrogens with zero attached hydrogens (tertiary/aromatic N) is 2. The minimum absolute atomic E-state index is 0.0421. The van der Waals surface area contributed by atoms with E-state index in [-0.39, 0.29) is 6.04 Å². The van der Waals surface area contributed by atoms with E-state index in [1.165, 1.54) is 4.90 Å². The Labute approximate surface area is 106 Å². The molecule has 3 nitrogen and oxygen atoms in total. The van der Waals surface area contributed by atoms with Gasteiger partial charge in [0.2, 0.25) is 0 Å². The van der Waals surface area contributed by atoms with Crippen molar-refractivity contribution < 1.29 is 0 Å². The highest BCUT2D eigenvalue weighted by atomic mass is 32.2. The summed E-state index contributed by atoms with van der Waals surface area (Å²) in [5.41, 5.74) is 7.24. The van der Waals surface area contributed by atoms with Gasteiger partial charge in [-0.25, -0.2) is 0 Å². The molecule has 1 aromatic carbocycles. The van der Waals surface area contributed by atoms with E-state index < -0.39 is 0 Å². The van der Waals surface area contributed by atoms with Gasteiger partial charge in [-0.3, -0.25) is 4.68 Å². The first kappa shape index (κ1) is 12.2. The zero-order valence-corrected chi connectivity index (χ0v) is 10.7. The first-order valence-electron chi connectivity index (χ1n) is 5.75. The molecule has 90 valence electrons. The second-order valence-corrected chi connectivity index (χ2v) is 4.95. The summed E-state index contributed by atoms with van der Waals surface area (Å²) in [6.07, 6.45) is 3.88. The van der Waals surface area contributed by atoms with Gasteiger partial charge < -0.3 is 5.73 Å². The monoisotopic (exact) mass is 247 g/mol. The normalized spacial score (nSPS) is 12.6. The lowest BCUT2D eigenvalue weighted by Crippen LogP contribution is -2.12. The SMILES string of the molecule is CCn1cc(C(N)CSc2ccccc2)cn1. The highest BCUT2D eigenvalue weighted by molar-refractivity contribution is 7.99. The number of thioether (sulfide) groups is 1. The van der Waals surface area contributed by atoms with Crippen LogP contribution < -0.4 is 5.73 Å². The molecule has 2 rings (SSSR count). The molecule has 0 spiro atoms. The predicted molar refractivity (Wildman–Crippen MR) is 72.0 cm³/mol. The molecule has 0 radical (unpaired) electrons. The molecule has 0 aliphatic rings. The van der Waals surface area contributed by atoms with Crippen LogP contribution in [0.1, 0.15) is 18.5 Å². The number of hydrogen-bond donors (Lipinski definition) is 1. The molecule has 0 amide bonds. The summed E-state index contributed by atoms with van der Waals surface area (Å²) in [6.45, 7) is 2.96. The molecule has 0 saturated carbocycles. The van der Waals surface area contributed by atoms with E-state index in [9.17, 15) is 0 Å². The minimum Gasteiger partial charge on any atom is -0.323 e.